The standard InChI is InChI=1S/C33H45N3O6/c1-8-21(3)24(20-37)36-27-30(40)35(31(4,5)6)19-11-17-33(27)26(29(36)39)25-28(38)34(18-10-16-32(25,7)42-33)22-12-14-23(15-13-22)41-9-2/h10-17,21,24-27,37H,8-9,18-20H2,1-7H3/t21-,24-,25-,26-,27?,32+,33-/m0/s1. The van der Waals surface area contributed by atoms with E-state index >= 15 is 0 Å². The number of amides is 3. The maximum atomic E-state index is 14.7. The summed E-state index contributed by atoms with van der Waals surface area (Å²) in [5.74, 6) is -1.97. The van der Waals surface area contributed by atoms with Crippen LogP contribution in [0.1, 0.15) is 54.9 Å². The molecular formula is C33H45N3O6. The lowest BCUT2D eigenvalue weighted by atomic mass is 9.74. The quantitative estimate of drug-likeness (QED) is 0.496. The van der Waals surface area contributed by atoms with Gasteiger partial charge >= 0.3 is 0 Å². The van der Waals surface area contributed by atoms with Crippen LogP contribution < -0.4 is 9.64 Å². The zero-order chi connectivity index (χ0) is 30.6. The number of benzene rings is 1. The van der Waals surface area contributed by atoms with Gasteiger partial charge in [-0.3, -0.25) is 14.4 Å². The van der Waals surface area contributed by atoms with Gasteiger partial charge in [0.25, 0.3) is 0 Å². The van der Waals surface area contributed by atoms with Crippen molar-refractivity contribution >= 4 is 23.4 Å². The van der Waals surface area contributed by atoms with Crippen molar-refractivity contribution in [3.05, 3.63) is 48.6 Å². The van der Waals surface area contributed by atoms with Crippen molar-refractivity contribution in [3.63, 3.8) is 0 Å². The third kappa shape index (κ3) is 4.56. The van der Waals surface area contributed by atoms with Gasteiger partial charge in [0.15, 0.2) is 0 Å². The van der Waals surface area contributed by atoms with Gasteiger partial charge in [0.05, 0.1) is 36.7 Å². The van der Waals surface area contributed by atoms with E-state index in [1.807, 2.05) is 97.0 Å². The fourth-order valence-electron chi connectivity index (χ4n) is 7.36. The van der Waals surface area contributed by atoms with E-state index in [2.05, 4.69) is 0 Å². The SMILES string of the molecule is CCOc1ccc(N2CC=C[C@@]3(C)O[C@]45C=CCN(C(C)(C)C)C(=O)C4N([C@@H](CO)[C@@H](C)CC)C(=O)[C@@H]5[C@H]3C2=O)cc1. The highest BCUT2D eigenvalue weighted by Gasteiger charge is 2.75. The normalized spacial score (nSPS) is 32.3. The van der Waals surface area contributed by atoms with Gasteiger partial charge in [-0.1, -0.05) is 44.6 Å². The molecule has 9 heteroatoms. The number of likely N-dealkylation sites (tertiary alicyclic amines) is 1. The summed E-state index contributed by atoms with van der Waals surface area (Å²) in [6.45, 7) is 14.6. The number of rotatable bonds is 7. The number of hydrogen-bond donors (Lipinski definition) is 1. The topological polar surface area (TPSA) is 99.6 Å². The Bertz CT molecular complexity index is 1290. The molecule has 3 amide bonds. The van der Waals surface area contributed by atoms with Gasteiger partial charge < -0.3 is 29.3 Å². The molecule has 1 unspecified atom stereocenters. The second-order valence-electron chi connectivity index (χ2n) is 13.2. The van der Waals surface area contributed by atoms with Gasteiger partial charge in [-0.15, -0.1) is 0 Å². The average Bonchev–Trinajstić information content (AvgIpc) is 3.20. The number of ether oxygens (including phenoxy) is 2. The predicted molar refractivity (Wildman–Crippen MR) is 160 cm³/mol. The largest absolute Gasteiger partial charge is 0.494 e. The predicted octanol–water partition coefficient (Wildman–Crippen LogP) is 3.56. The number of fused-ring (bicyclic) bond motifs is 2. The van der Waals surface area contributed by atoms with Gasteiger partial charge in [0, 0.05) is 24.3 Å². The van der Waals surface area contributed by atoms with Crippen molar-refractivity contribution < 1.29 is 29.0 Å². The molecule has 228 valence electrons. The molecule has 2 fully saturated rings. The van der Waals surface area contributed by atoms with Crippen LogP contribution in [0.2, 0.25) is 0 Å². The van der Waals surface area contributed by atoms with Crippen LogP contribution >= 0.6 is 0 Å². The second-order valence-corrected chi connectivity index (χ2v) is 13.2. The number of aliphatic hydroxyl groups is 1. The molecule has 2 saturated heterocycles. The van der Waals surface area contributed by atoms with Crippen molar-refractivity contribution in [2.75, 3.05) is 31.2 Å². The molecule has 4 heterocycles. The summed E-state index contributed by atoms with van der Waals surface area (Å²) in [5, 5.41) is 10.6. The summed E-state index contributed by atoms with van der Waals surface area (Å²) in [6.07, 6.45) is 8.26. The van der Waals surface area contributed by atoms with Crippen LogP contribution in [0.3, 0.4) is 0 Å². The zero-order valence-corrected chi connectivity index (χ0v) is 25.9. The summed E-state index contributed by atoms with van der Waals surface area (Å²) in [6, 6.07) is 5.74. The zero-order valence-electron chi connectivity index (χ0n) is 25.9. The van der Waals surface area contributed by atoms with E-state index in [4.69, 9.17) is 9.47 Å². The molecule has 1 N–H and O–H groups in total. The van der Waals surface area contributed by atoms with E-state index in [1.165, 1.54) is 0 Å². The van der Waals surface area contributed by atoms with E-state index in [0.29, 0.717) is 37.6 Å². The van der Waals surface area contributed by atoms with Crippen molar-refractivity contribution in [1.29, 1.82) is 0 Å². The number of aliphatic hydroxyl groups excluding tert-OH is 1. The highest BCUT2D eigenvalue weighted by atomic mass is 16.5. The monoisotopic (exact) mass is 579 g/mol. The summed E-state index contributed by atoms with van der Waals surface area (Å²) < 4.78 is 12.5. The molecule has 1 aromatic rings. The Morgan fingerprint density at radius 3 is 2.26 bits per heavy atom. The van der Waals surface area contributed by atoms with E-state index < -0.39 is 40.7 Å². The fraction of sp³-hybridized carbons (Fsp3) is 0.606. The van der Waals surface area contributed by atoms with Crippen molar-refractivity contribution in [1.82, 2.24) is 9.80 Å². The first-order valence-corrected chi connectivity index (χ1v) is 15.2. The molecule has 0 aromatic heterocycles. The maximum Gasteiger partial charge on any atom is 0.249 e. The number of hydrogen-bond acceptors (Lipinski definition) is 6. The van der Waals surface area contributed by atoms with E-state index in [1.54, 1.807) is 14.7 Å². The van der Waals surface area contributed by atoms with Gasteiger partial charge in [-0.05, 0) is 64.8 Å². The van der Waals surface area contributed by atoms with Crippen molar-refractivity contribution in [3.8, 4) is 5.75 Å². The van der Waals surface area contributed by atoms with E-state index in [-0.39, 0.29) is 30.2 Å². The van der Waals surface area contributed by atoms with Crippen LogP contribution in [-0.4, -0.2) is 87.8 Å². The molecule has 42 heavy (non-hydrogen) atoms. The first kappa shape index (κ1) is 30.3. The van der Waals surface area contributed by atoms with E-state index in [0.717, 1.165) is 0 Å². The molecule has 1 aromatic carbocycles. The molecule has 0 radical (unpaired) electrons. The Balaban J connectivity index is 1.64. The van der Waals surface area contributed by atoms with Crippen molar-refractivity contribution in [2.45, 2.75) is 83.7 Å². The molecule has 0 bridgehead atoms. The summed E-state index contributed by atoms with van der Waals surface area (Å²) >= 11 is 0. The second kappa shape index (κ2) is 10.8. The number of carbonyl (C=O) groups is 3. The molecule has 0 saturated carbocycles. The van der Waals surface area contributed by atoms with Gasteiger partial charge in [-0.25, -0.2) is 0 Å². The van der Waals surface area contributed by atoms with Gasteiger partial charge in [0.1, 0.15) is 17.4 Å². The molecule has 4 aliphatic rings. The maximum absolute atomic E-state index is 14.7. The lowest BCUT2D eigenvalue weighted by molar-refractivity contribution is -0.158. The Morgan fingerprint density at radius 2 is 1.67 bits per heavy atom. The molecule has 7 atom stereocenters. The molecule has 1 spiro atoms. The lowest BCUT2D eigenvalue weighted by Crippen LogP contribution is -2.62. The number of anilines is 1. The third-order valence-corrected chi connectivity index (χ3v) is 9.61. The molecule has 0 aliphatic carbocycles. The Morgan fingerprint density at radius 1 is 1.00 bits per heavy atom. The van der Waals surface area contributed by atoms with E-state index in [9.17, 15) is 19.5 Å². The highest BCUT2D eigenvalue weighted by molar-refractivity contribution is 6.04. The lowest BCUT2D eigenvalue weighted by Gasteiger charge is -2.44. The minimum atomic E-state index is -1.36. The summed E-state index contributed by atoms with van der Waals surface area (Å²) in [4.78, 5) is 48.8. The van der Waals surface area contributed by atoms with Gasteiger partial charge in [-0.2, -0.15) is 0 Å². The Labute approximate surface area is 249 Å². The highest BCUT2D eigenvalue weighted by Crippen LogP contribution is 2.58. The van der Waals surface area contributed by atoms with Gasteiger partial charge in [0.2, 0.25) is 17.7 Å². The van der Waals surface area contributed by atoms with Crippen LogP contribution in [0.4, 0.5) is 5.69 Å². The Kier molecular flexibility index (Phi) is 7.81. The fourth-order valence-corrected chi connectivity index (χ4v) is 7.36. The van der Waals surface area contributed by atoms with Crippen LogP contribution in [-0.2, 0) is 19.1 Å². The molecule has 5 rings (SSSR count). The molecule has 4 aliphatic heterocycles. The number of nitrogens with zero attached hydrogens (tertiary/aromatic N) is 3. The van der Waals surface area contributed by atoms with Crippen molar-refractivity contribution in [2.24, 2.45) is 17.8 Å². The van der Waals surface area contributed by atoms with Crippen LogP contribution in [0, 0.1) is 17.8 Å². The average molecular weight is 580 g/mol. The number of carbonyl (C=O) groups excluding carboxylic acids is 3. The summed E-state index contributed by atoms with van der Waals surface area (Å²) in [5.41, 5.74) is -2.31. The molecular weight excluding hydrogens is 534 g/mol. The summed E-state index contributed by atoms with van der Waals surface area (Å²) in [7, 11) is 0. The Hall–Kier alpha value is -3.17. The first-order chi connectivity index (χ1) is 19.8. The van der Waals surface area contributed by atoms with Crippen LogP contribution in [0.5, 0.6) is 5.75 Å². The minimum absolute atomic E-state index is 0.0746. The van der Waals surface area contributed by atoms with Crippen LogP contribution in [0.15, 0.2) is 48.6 Å². The smallest absolute Gasteiger partial charge is 0.249 e. The minimum Gasteiger partial charge on any atom is -0.494 e. The first-order valence-electron chi connectivity index (χ1n) is 15.2. The van der Waals surface area contributed by atoms with Crippen LogP contribution in [0.25, 0.3) is 0 Å². The third-order valence-electron chi connectivity index (χ3n) is 9.61. The molecule has 9 nitrogen and oxygen atoms in total.